The molecule has 3 saturated carbocycles. The molecule has 0 aromatic heterocycles. The molecule has 7 unspecified atom stereocenters. The summed E-state index contributed by atoms with van der Waals surface area (Å²) in [5.41, 5.74) is 2.12. The average molecular weight is 509 g/mol. The van der Waals surface area contributed by atoms with Gasteiger partial charge in [0.05, 0.1) is 32.1 Å². The van der Waals surface area contributed by atoms with Gasteiger partial charge in [-0.3, -0.25) is 8.37 Å². The first-order valence-corrected chi connectivity index (χ1v) is 14.9. The smallest absolute Gasteiger partial charge is 0.158 e. The van der Waals surface area contributed by atoms with Crippen molar-refractivity contribution in [2.24, 2.45) is 34.5 Å². The molecule has 4 aliphatic carbocycles. The molecule has 4 aliphatic rings. The van der Waals surface area contributed by atoms with Crippen molar-refractivity contribution in [3.05, 3.63) is 24.4 Å². The summed E-state index contributed by atoms with van der Waals surface area (Å²) in [5, 5.41) is 11.9. The van der Waals surface area contributed by atoms with Gasteiger partial charge in [-0.25, -0.2) is 0 Å². The summed E-state index contributed by atoms with van der Waals surface area (Å²) in [5.74, 6) is 3.57. The van der Waals surface area contributed by atoms with Gasteiger partial charge in [-0.1, -0.05) is 38.3 Å². The van der Waals surface area contributed by atoms with Crippen LogP contribution in [0.4, 0.5) is 0 Å². The third kappa shape index (κ3) is 6.76. The number of hydrogen-bond donors (Lipinski definition) is 2. The Labute approximate surface area is 220 Å². The lowest BCUT2D eigenvalue weighted by Crippen LogP contribution is -2.72. The molecule has 0 amide bonds. The summed E-state index contributed by atoms with van der Waals surface area (Å²) >= 11 is 1.16. The lowest BCUT2D eigenvalue weighted by molar-refractivity contribution is -0.555. The van der Waals surface area contributed by atoms with E-state index in [1.165, 1.54) is 64.2 Å². The molecule has 0 heterocycles. The Morgan fingerprint density at radius 1 is 1.17 bits per heavy atom. The number of allylic oxidation sites excluding steroid dienone is 1. The molecule has 0 radical (unpaired) electrons. The Morgan fingerprint density at radius 3 is 2.57 bits per heavy atom. The van der Waals surface area contributed by atoms with Gasteiger partial charge in [0.2, 0.25) is 0 Å². The fourth-order valence-electron chi connectivity index (χ4n) is 8.34. The van der Waals surface area contributed by atoms with Crippen LogP contribution in [-0.2, 0) is 8.37 Å². The Morgan fingerprint density at radius 2 is 1.91 bits per heavy atom. The average Bonchev–Trinajstić information content (AvgIpc) is 3.16. The second-order valence-electron chi connectivity index (χ2n) is 12.9. The van der Waals surface area contributed by atoms with Gasteiger partial charge in [0.15, 0.2) is 12.3 Å². The van der Waals surface area contributed by atoms with Crippen LogP contribution >= 0.6 is 12.3 Å². The van der Waals surface area contributed by atoms with Crippen LogP contribution in [0.2, 0.25) is 0 Å². The van der Waals surface area contributed by atoms with E-state index in [1.54, 1.807) is 18.9 Å². The van der Waals surface area contributed by atoms with Crippen LogP contribution in [0.3, 0.4) is 0 Å². The summed E-state index contributed by atoms with van der Waals surface area (Å²) in [6.45, 7) is 12.6. The summed E-state index contributed by atoms with van der Waals surface area (Å²) in [4.78, 5) is 0. The van der Waals surface area contributed by atoms with Gasteiger partial charge >= 0.3 is 0 Å². The molecule has 3 N–H and O–H groups in total. The predicted octanol–water partition coefficient (Wildman–Crippen LogP) is 6.81. The maximum Gasteiger partial charge on any atom is 0.158 e. The Balaban J connectivity index is 0.000000795. The van der Waals surface area contributed by atoms with Crippen LogP contribution in [0.25, 0.3) is 0 Å². The van der Waals surface area contributed by atoms with Crippen LogP contribution in [0.1, 0.15) is 105 Å². The third-order valence-corrected chi connectivity index (χ3v) is 10.8. The van der Waals surface area contributed by atoms with Crippen molar-refractivity contribution >= 4 is 12.3 Å². The molecular formula is C30H54NO3S+. The Kier molecular flexibility index (Phi) is 10.4. The summed E-state index contributed by atoms with van der Waals surface area (Å²) < 4.78 is 10.9. The normalized spacial score (nSPS) is 38.4. The highest BCUT2D eigenvalue weighted by Crippen LogP contribution is 2.66. The van der Waals surface area contributed by atoms with Crippen LogP contribution in [0, 0.1) is 34.5 Å². The number of nitrogens with two attached hydrogens (primary N) is 1. The molecule has 0 saturated heterocycles. The topological polar surface area (TPSA) is 55.3 Å². The molecule has 5 heteroatoms. The van der Waals surface area contributed by atoms with E-state index in [0.29, 0.717) is 16.9 Å². The van der Waals surface area contributed by atoms with Crippen LogP contribution in [0.15, 0.2) is 24.4 Å². The lowest BCUT2D eigenvalue weighted by atomic mass is 9.47. The highest BCUT2D eigenvalue weighted by atomic mass is 32.2. The van der Waals surface area contributed by atoms with Crippen molar-refractivity contribution in [1.29, 1.82) is 0 Å². The zero-order chi connectivity index (χ0) is 25.7. The summed E-state index contributed by atoms with van der Waals surface area (Å²) in [6.07, 6.45) is 20.0. The monoisotopic (exact) mass is 508 g/mol. The van der Waals surface area contributed by atoms with Crippen molar-refractivity contribution in [3.8, 4) is 0 Å². The van der Waals surface area contributed by atoms with Gasteiger partial charge in [-0.05, 0) is 119 Å². The number of fused-ring (bicyclic) bond motifs is 5. The molecule has 0 aromatic carbocycles. The van der Waals surface area contributed by atoms with E-state index in [-0.39, 0.29) is 0 Å². The van der Waals surface area contributed by atoms with Crippen molar-refractivity contribution in [2.75, 3.05) is 14.2 Å². The first kappa shape index (κ1) is 29.2. The molecule has 35 heavy (non-hydrogen) atoms. The van der Waals surface area contributed by atoms with E-state index >= 15 is 0 Å². The number of rotatable bonds is 9. The lowest BCUT2D eigenvalue weighted by Gasteiger charge is -2.58. The molecule has 0 aliphatic heterocycles. The summed E-state index contributed by atoms with van der Waals surface area (Å²) in [7, 11) is 3.62. The van der Waals surface area contributed by atoms with Crippen molar-refractivity contribution in [2.45, 2.75) is 116 Å². The second kappa shape index (κ2) is 12.5. The van der Waals surface area contributed by atoms with E-state index in [2.05, 4.69) is 26.5 Å². The van der Waals surface area contributed by atoms with Crippen molar-refractivity contribution in [3.63, 3.8) is 0 Å². The van der Waals surface area contributed by atoms with Gasteiger partial charge in [0.25, 0.3) is 0 Å². The highest BCUT2D eigenvalue weighted by molar-refractivity contribution is 7.89. The van der Waals surface area contributed by atoms with E-state index in [1.807, 2.05) is 26.2 Å². The minimum absolute atomic E-state index is 0.314. The summed E-state index contributed by atoms with van der Waals surface area (Å²) in [6, 6.07) is 0. The SMILES string of the molecule is C=C[NH2+]C.COSOC1CCC2(C)C(=CCC3C2CCC2(C)C(CCCCC(C)(C)O)CCC32)C1. The number of aliphatic hydroxyl groups is 1. The minimum atomic E-state index is -0.506. The van der Waals surface area contributed by atoms with Crippen molar-refractivity contribution < 1.29 is 18.8 Å². The standard InChI is InChI=1S/C27H46O3S.C3H7N/c1-25(2,28)15-7-6-8-19-10-12-23-22-11-9-20-18-21(30-31-29-5)13-16-27(20,4)24(22)14-17-26(19,23)3;1-3-4-2/h9,19,21-24,28H,6-8,10-18H2,1-5H3;3-4H,1H2,2H3/p+1. The molecule has 0 aromatic rings. The van der Waals surface area contributed by atoms with E-state index < -0.39 is 5.60 Å². The van der Waals surface area contributed by atoms with Crippen LogP contribution < -0.4 is 5.32 Å². The van der Waals surface area contributed by atoms with Gasteiger partial charge in [-0.2, -0.15) is 0 Å². The molecule has 7 atom stereocenters. The maximum atomic E-state index is 10.0. The number of unbranched alkanes of at least 4 members (excludes halogenated alkanes) is 1. The van der Waals surface area contributed by atoms with E-state index in [4.69, 9.17) is 8.37 Å². The zero-order valence-electron chi connectivity index (χ0n) is 23.5. The van der Waals surface area contributed by atoms with E-state index in [9.17, 15) is 5.11 Å². The van der Waals surface area contributed by atoms with E-state index in [0.717, 1.165) is 48.8 Å². The first-order chi connectivity index (χ1) is 16.6. The Bertz CT molecular complexity index is 719. The predicted molar refractivity (Wildman–Crippen MR) is 147 cm³/mol. The Hall–Kier alpha value is -0.330. The third-order valence-electron chi connectivity index (χ3n) is 10.3. The van der Waals surface area contributed by atoms with Crippen LogP contribution in [0.5, 0.6) is 0 Å². The molecule has 4 nitrogen and oxygen atoms in total. The second-order valence-corrected chi connectivity index (χ2v) is 13.6. The molecule has 202 valence electrons. The quantitative estimate of drug-likeness (QED) is 0.204. The van der Waals surface area contributed by atoms with Crippen LogP contribution in [-0.4, -0.2) is 31.0 Å². The molecule has 0 spiro atoms. The largest absolute Gasteiger partial charge is 0.390 e. The maximum absolute atomic E-state index is 10.0. The van der Waals surface area contributed by atoms with Gasteiger partial charge in [-0.15, -0.1) is 0 Å². The minimum Gasteiger partial charge on any atom is -0.390 e. The zero-order valence-corrected chi connectivity index (χ0v) is 24.3. The first-order valence-electron chi connectivity index (χ1n) is 14.3. The number of hydrogen-bond acceptors (Lipinski definition) is 4. The van der Waals surface area contributed by atoms with Gasteiger partial charge in [0, 0.05) is 0 Å². The molecular weight excluding hydrogens is 454 g/mol. The molecule has 3 fully saturated rings. The van der Waals surface area contributed by atoms with Crippen molar-refractivity contribution in [1.82, 2.24) is 0 Å². The molecule has 0 bridgehead atoms. The fourth-order valence-corrected chi connectivity index (χ4v) is 8.69. The van der Waals surface area contributed by atoms with Gasteiger partial charge in [0.1, 0.15) is 0 Å². The molecule has 4 rings (SSSR count). The number of quaternary nitrogens is 1. The van der Waals surface area contributed by atoms with Gasteiger partial charge < -0.3 is 10.4 Å². The fraction of sp³-hybridized carbons (Fsp3) is 0.867. The highest BCUT2D eigenvalue weighted by Gasteiger charge is 2.58.